The Balaban J connectivity index is 2.04. The van der Waals surface area contributed by atoms with Gasteiger partial charge in [0.05, 0.1) is 17.9 Å². The van der Waals surface area contributed by atoms with E-state index in [1.54, 1.807) is 0 Å². The van der Waals surface area contributed by atoms with Crippen molar-refractivity contribution < 1.29 is 32.9 Å². The molecule has 3 N–H and O–H groups in total. The lowest BCUT2D eigenvalue weighted by Gasteiger charge is -2.11. The predicted molar refractivity (Wildman–Crippen MR) is 98.5 cm³/mol. The van der Waals surface area contributed by atoms with Crippen LogP contribution in [0.15, 0.2) is 48.8 Å². The van der Waals surface area contributed by atoms with Gasteiger partial charge in [0.1, 0.15) is 17.2 Å². The van der Waals surface area contributed by atoms with Crippen molar-refractivity contribution in [1.29, 1.82) is 0 Å². The fraction of sp³-hybridized carbons (Fsp3) is 0.158. The molecule has 30 heavy (non-hydrogen) atoms. The molecule has 0 radical (unpaired) electrons. The Labute approximate surface area is 168 Å². The number of aromatic nitrogens is 3. The Morgan fingerprint density at radius 3 is 2.50 bits per heavy atom. The number of hydrogen-bond donors (Lipinski definition) is 3. The number of ether oxygens (including phenoxy) is 1. The Kier molecular flexibility index (Phi) is 6.11. The smallest absolute Gasteiger partial charge is 0.507 e. The second-order valence-corrected chi connectivity index (χ2v) is 5.91. The normalized spacial score (nSPS) is 11.2. The number of carbonyl (C=O) groups excluding carboxylic acids is 1. The Hall–Kier alpha value is -3.73. The lowest BCUT2D eigenvalue weighted by molar-refractivity contribution is -0.274. The van der Waals surface area contributed by atoms with E-state index < -0.39 is 18.0 Å². The average Bonchev–Trinajstić information content (AvgIpc) is 2.71. The third-order valence-corrected chi connectivity index (χ3v) is 3.78. The molecule has 2 heterocycles. The molecule has 0 saturated heterocycles. The van der Waals surface area contributed by atoms with Gasteiger partial charge >= 0.3 is 6.36 Å². The maximum absolute atomic E-state index is 12.4. The number of halogens is 3. The van der Waals surface area contributed by atoms with Gasteiger partial charge in [0.2, 0.25) is 0 Å². The highest BCUT2D eigenvalue weighted by Crippen LogP contribution is 2.29. The summed E-state index contributed by atoms with van der Waals surface area (Å²) in [5.74, 6) is -1.19. The summed E-state index contributed by atoms with van der Waals surface area (Å²) in [6.07, 6.45) is -2.15. The predicted octanol–water partition coefficient (Wildman–Crippen LogP) is 2.53. The summed E-state index contributed by atoms with van der Waals surface area (Å²) in [6.45, 7) is -0.282. The molecule has 0 bridgehead atoms. The molecule has 1 amide bonds. The van der Waals surface area contributed by atoms with E-state index in [1.807, 2.05) is 0 Å². The molecular formula is C19H15F3N4O4. The van der Waals surface area contributed by atoms with Crippen LogP contribution in [0.3, 0.4) is 0 Å². The van der Waals surface area contributed by atoms with Crippen LogP contribution in [-0.4, -0.2) is 50.6 Å². The highest BCUT2D eigenvalue weighted by Gasteiger charge is 2.31. The van der Waals surface area contributed by atoms with E-state index in [-0.39, 0.29) is 41.7 Å². The molecule has 11 heteroatoms. The minimum Gasteiger partial charge on any atom is -0.507 e. The lowest BCUT2D eigenvalue weighted by Crippen LogP contribution is -2.27. The third kappa shape index (κ3) is 5.20. The number of pyridine rings is 1. The molecule has 3 rings (SSSR count). The first-order chi connectivity index (χ1) is 14.3. The molecule has 1 aromatic carbocycles. The van der Waals surface area contributed by atoms with E-state index in [2.05, 4.69) is 25.0 Å². The number of aliphatic hydroxyl groups is 1. The monoisotopic (exact) mass is 420 g/mol. The number of benzene rings is 1. The van der Waals surface area contributed by atoms with Crippen LogP contribution < -0.4 is 10.1 Å². The van der Waals surface area contributed by atoms with Gasteiger partial charge in [-0.05, 0) is 36.4 Å². The first kappa shape index (κ1) is 21.0. The number of aromatic hydroxyl groups is 1. The van der Waals surface area contributed by atoms with Gasteiger partial charge in [-0.3, -0.25) is 9.78 Å². The van der Waals surface area contributed by atoms with Gasteiger partial charge in [0.25, 0.3) is 5.91 Å². The maximum atomic E-state index is 12.4. The van der Waals surface area contributed by atoms with E-state index >= 15 is 0 Å². The second-order valence-electron chi connectivity index (χ2n) is 5.91. The zero-order valence-electron chi connectivity index (χ0n) is 15.2. The molecule has 3 aromatic rings. The van der Waals surface area contributed by atoms with Gasteiger partial charge < -0.3 is 20.3 Å². The number of alkyl halides is 3. The van der Waals surface area contributed by atoms with Crippen molar-refractivity contribution in [1.82, 2.24) is 20.3 Å². The molecule has 0 atom stereocenters. The summed E-state index contributed by atoms with van der Waals surface area (Å²) in [5, 5.41) is 21.4. The van der Waals surface area contributed by atoms with Crippen LogP contribution in [0.2, 0.25) is 0 Å². The van der Waals surface area contributed by atoms with Gasteiger partial charge in [-0.25, -0.2) is 9.97 Å². The number of amides is 1. The van der Waals surface area contributed by atoms with Crippen molar-refractivity contribution in [2.24, 2.45) is 0 Å². The highest BCUT2D eigenvalue weighted by atomic mass is 19.4. The molecule has 0 aliphatic carbocycles. The van der Waals surface area contributed by atoms with Crippen molar-refractivity contribution in [3.8, 4) is 34.1 Å². The van der Waals surface area contributed by atoms with Crippen molar-refractivity contribution in [2.45, 2.75) is 6.36 Å². The van der Waals surface area contributed by atoms with E-state index in [1.165, 1.54) is 36.7 Å². The second kappa shape index (κ2) is 8.74. The summed E-state index contributed by atoms with van der Waals surface area (Å²) in [5.41, 5.74) is 0.693. The minimum absolute atomic E-state index is 0.00484. The topological polar surface area (TPSA) is 117 Å². The lowest BCUT2D eigenvalue weighted by atomic mass is 10.1. The van der Waals surface area contributed by atoms with Gasteiger partial charge in [-0.2, -0.15) is 0 Å². The van der Waals surface area contributed by atoms with E-state index in [9.17, 15) is 23.1 Å². The zero-order valence-corrected chi connectivity index (χ0v) is 15.2. The molecule has 0 unspecified atom stereocenters. The van der Waals surface area contributed by atoms with Crippen LogP contribution in [-0.2, 0) is 0 Å². The number of carbonyl (C=O) groups is 1. The molecular weight excluding hydrogens is 405 g/mol. The van der Waals surface area contributed by atoms with E-state index in [0.717, 1.165) is 12.1 Å². The fourth-order valence-electron chi connectivity index (χ4n) is 2.48. The quantitative estimate of drug-likeness (QED) is 0.561. The molecule has 0 aliphatic rings. The minimum atomic E-state index is -4.82. The van der Waals surface area contributed by atoms with Crippen LogP contribution in [0.1, 0.15) is 10.5 Å². The number of rotatable bonds is 6. The number of nitrogens with one attached hydrogen (secondary N) is 1. The summed E-state index contributed by atoms with van der Waals surface area (Å²) in [7, 11) is 0. The molecule has 0 spiro atoms. The van der Waals surface area contributed by atoms with Gasteiger partial charge in [0, 0.05) is 24.5 Å². The first-order valence-electron chi connectivity index (χ1n) is 8.54. The van der Waals surface area contributed by atoms with Crippen LogP contribution in [0.25, 0.3) is 22.6 Å². The highest BCUT2D eigenvalue weighted by molar-refractivity contribution is 5.93. The molecule has 8 nitrogen and oxygen atoms in total. The van der Waals surface area contributed by atoms with Crippen molar-refractivity contribution >= 4 is 5.91 Å². The summed E-state index contributed by atoms with van der Waals surface area (Å²) >= 11 is 0. The SMILES string of the molecule is O=C(NCCO)c1cc(-c2ccc(OC(F)(F)F)cc2)nc(-c2cnccc2O)n1. The standard InChI is InChI=1S/C19H15F3N4O4/c20-19(21,22)30-12-3-1-11(2-4-12)14-9-15(18(29)24-7-8-27)26-17(25-14)13-10-23-6-5-16(13)28/h1-6,9-10,27H,7-8H2,(H,23,28)(H,24,29). The van der Waals surface area contributed by atoms with Gasteiger partial charge in [-0.15, -0.1) is 13.2 Å². The van der Waals surface area contributed by atoms with E-state index in [0.29, 0.717) is 5.56 Å². The molecule has 156 valence electrons. The summed E-state index contributed by atoms with van der Waals surface area (Å²) < 4.78 is 40.9. The third-order valence-electron chi connectivity index (χ3n) is 3.78. The Morgan fingerprint density at radius 2 is 1.87 bits per heavy atom. The van der Waals surface area contributed by atoms with Crippen molar-refractivity contribution in [2.75, 3.05) is 13.2 Å². The first-order valence-corrected chi connectivity index (χ1v) is 8.54. The van der Waals surface area contributed by atoms with Crippen LogP contribution >= 0.6 is 0 Å². The molecule has 0 aliphatic heterocycles. The van der Waals surface area contributed by atoms with Crippen molar-refractivity contribution in [3.05, 3.63) is 54.5 Å². The van der Waals surface area contributed by atoms with Crippen LogP contribution in [0, 0.1) is 0 Å². The number of hydrogen-bond acceptors (Lipinski definition) is 7. The Bertz CT molecular complexity index is 1040. The number of nitrogens with zero attached hydrogens (tertiary/aromatic N) is 3. The molecule has 2 aromatic heterocycles. The largest absolute Gasteiger partial charge is 0.573 e. The van der Waals surface area contributed by atoms with E-state index in [4.69, 9.17) is 5.11 Å². The van der Waals surface area contributed by atoms with Crippen LogP contribution in [0.4, 0.5) is 13.2 Å². The maximum Gasteiger partial charge on any atom is 0.573 e. The zero-order chi connectivity index (χ0) is 21.7. The Morgan fingerprint density at radius 1 is 1.13 bits per heavy atom. The van der Waals surface area contributed by atoms with Crippen molar-refractivity contribution in [3.63, 3.8) is 0 Å². The molecule has 0 saturated carbocycles. The van der Waals surface area contributed by atoms with Crippen LogP contribution in [0.5, 0.6) is 11.5 Å². The summed E-state index contributed by atoms with van der Waals surface area (Å²) in [4.78, 5) is 24.7. The van der Waals surface area contributed by atoms with Gasteiger partial charge in [0.15, 0.2) is 5.82 Å². The average molecular weight is 420 g/mol. The molecule has 0 fully saturated rings. The fourth-order valence-corrected chi connectivity index (χ4v) is 2.48. The summed E-state index contributed by atoms with van der Waals surface area (Å²) in [6, 6.07) is 7.55. The number of aliphatic hydroxyl groups excluding tert-OH is 1. The van der Waals surface area contributed by atoms with Gasteiger partial charge in [-0.1, -0.05) is 0 Å².